The quantitative estimate of drug-likeness (QED) is 0.628. The van der Waals surface area contributed by atoms with Crippen LogP contribution in [0.4, 0.5) is 10.3 Å². The van der Waals surface area contributed by atoms with Gasteiger partial charge >= 0.3 is 0 Å². The van der Waals surface area contributed by atoms with Crippen molar-refractivity contribution in [1.82, 2.24) is 25.2 Å². The van der Waals surface area contributed by atoms with E-state index in [1.54, 1.807) is 18.3 Å². The highest BCUT2D eigenvalue weighted by Gasteiger charge is 2.26. The number of amides is 1. The lowest BCUT2D eigenvalue weighted by atomic mass is 10.2. The fourth-order valence-electron chi connectivity index (χ4n) is 3.68. The van der Waals surface area contributed by atoms with E-state index < -0.39 is 0 Å². The summed E-state index contributed by atoms with van der Waals surface area (Å²) in [6.45, 7) is 2.35. The number of aromatic nitrogens is 3. The largest absolute Gasteiger partial charge is 0.360 e. The Balaban J connectivity index is 1.28. The Labute approximate surface area is 175 Å². The van der Waals surface area contributed by atoms with Gasteiger partial charge in [-0.05, 0) is 49.4 Å². The van der Waals surface area contributed by atoms with Crippen LogP contribution >= 0.6 is 0 Å². The fourth-order valence-corrected chi connectivity index (χ4v) is 3.68. The molecule has 1 aliphatic rings. The van der Waals surface area contributed by atoms with Gasteiger partial charge in [0, 0.05) is 38.1 Å². The molecule has 1 aliphatic heterocycles. The van der Waals surface area contributed by atoms with Crippen molar-refractivity contribution in [2.45, 2.75) is 19.0 Å². The maximum Gasteiger partial charge on any atom is 0.234 e. The molecule has 0 spiro atoms. The highest BCUT2D eigenvalue weighted by Crippen LogP contribution is 2.20. The molecule has 4 rings (SSSR count). The highest BCUT2D eigenvalue weighted by molar-refractivity contribution is 5.78. The van der Waals surface area contributed by atoms with Crippen LogP contribution in [0.5, 0.6) is 0 Å². The van der Waals surface area contributed by atoms with Crippen molar-refractivity contribution in [3.8, 4) is 11.4 Å². The number of carbonyl (C=O) groups is 1. The van der Waals surface area contributed by atoms with Crippen LogP contribution in [-0.2, 0) is 11.3 Å². The molecule has 1 aromatic carbocycles. The Hall–Kier alpha value is -3.26. The van der Waals surface area contributed by atoms with Gasteiger partial charge in [0.1, 0.15) is 5.82 Å². The molecule has 8 heteroatoms. The number of rotatable bonds is 7. The molecule has 2 N–H and O–H groups in total. The normalized spacial score (nSPS) is 16.2. The van der Waals surface area contributed by atoms with Gasteiger partial charge in [-0.2, -0.15) is 0 Å². The van der Waals surface area contributed by atoms with Crippen molar-refractivity contribution in [2.75, 3.05) is 31.6 Å². The number of likely N-dealkylation sites (N-methyl/N-ethyl adjacent to an activating group) is 1. The van der Waals surface area contributed by atoms with E-state index in [0.29, 0.717) is 19.0 Å². The molecular weight excluding hydrogens is 383 g/mol. The maximum atomic E-state index is 13.0. The molecule has 1 fully saturated rings. The number of anilines is 1. The zero-order valence-corrected chi connectivity index (χ0v) is 16.9. The Bertz CT molecular complexity index is 976. The van der Waals surface area contributed by atoms with Crippen LogP contribution in [0.2, 0.25) is 0 Å². The van der Waals surface area contributed by atoms with E-state index in [9.17, 15) is 9.18 Å². The van der Waals surface area contributed by atoms with E-state index in [-0.39, 0.29) is 24.3 Å². The average molecular weight is 408 g/mol. The fraction of sp³-hybridized carbons (Fsp3) is 0.318. The van der Waals surface area contributed by atoms with Crippen LogP contribution in [0.25, 0.3) is 11.4 Å². The average Bonchev–Trinajstić information content (AvgIpc) is 3.42. The number of carbonyl (C=O) groups excluding carboxylic acids is 1. The molecule has 156 valence electrons. The zero-order chi connectivity index (χ0) is 20.9. The van der Waals surface area contributed by atoms with Crippen LogP contribution in [0.1, 0.15) is 12.0 Å². The Kier molecular flexibility index (Phi) is 6.04. The number of halogens is 1. The van der Waals surface area contributed by atoms with Crippen molar-refractivity contribution in [1.29, 1.82) is 0 Å². The lowest BCUT2D eigenvalue weighted by Gasteiger charge is -2.20. The first-order chi connectivity index (χ1) is 14.6. The van der Waals surface area contributed by atoms with Crippen LogP contribution in [0, 0.1) is 5.82 Å². The van der Waals surface area contributed by atoms with Gasteiger partial charge in [0.15, 0.2) is 0 Å². The number of hydrogen-bond donors (Lipinski definition) is 2. The second-order valence-electron chi connectivity index (χ2n) is 7.62. The minimum atomic E-state index is -0.257. The van der Waals surface area contributed by atoms with Crippen molar-refractivity contribution >= 4 is 11.9 Å². The number of hydrogen-bond acceptors (Lipinski definition) is 5. The zero-order valence-electron chi connectivity index (χ0n) is 16.9. The van der Waals surface area contributed by atoms with Crippen LogP contribution < -0.4 is 10.2 Å². The molecule has 0 aliphatic carbocycles. The van der Waals surface area contributed by atoms with Gasteiger partial charge in [-0.1, -0.05) is 12.1 Å². The van der Waals surface area contributed by atoms with Gasteiger partial charge in [-0.25, -0.2) is 14.4 Å². The summed E-state index contributed by atoms with van der Waals surface area (Å²) in [7, 11) is 1.88. The van der Waals surface area contributed by atoms with Gasteiger partial charge in [0.25, 0.3) is 0 Å². The van der Waals surface area contributed by atoms with Gasteiger partial charge in [-0.15, -0.1) is 0 Å². The Morgan fingerprint density at radius 1 is 1.30 bits per heavy atom. The SMILES string of the molecule is CN(CC(=O)NC1CCN(c2nccc(-c3ccc[nH]3)n2)C1)Cc1ccc(F)cc1. The summed E-state index contributed by atoms with van der Waals surface area (Å²) in [6.07, 6.45) is 4.48. The third-order valence-corrected chi connectivity index (χ3v) is 5.13. The smallest absolute Gasteiger partial charge is 0.234 e. The lowest BCUT2D eigenvalue weighted by molar-refractivity contribution is -0.122. The first kappa shape index (κ1) is 20.0. The van der Waals surface area contributed by atoms with Crippen LogP contribution in [0.3, 0.4) is 0 Å². The number of aromatic amines is 1. The van der Waals surface area contributed by atoms with Crippen LogP contribution in [0.15, 0.2) is 54.9 Å². The molecule has 3 aromatic rings. The Morgan fingerprint density at radius 2 is 2.13 bits per heavy atom. The molecule has 0 radical (unpaired) electrons. The second kappa shape index (κ2) is 9.04. The molecule has 30 heavy (non-hydrogen) atoms. The number of benzene rings is 1. The molecule has 2 aromatic heterocycles. The van der Waals surface area contributed by atoms with Crippen molar-refractivity contribution in [3.05, 3.63) is 66.2 Å². The van der Waals surface area contributed by atoms with E-state index in [2.05, 4.69) is 25.2 Å². The molecule has 0 saturated carbocycles. The summed E-state index contributed by atoms with van der Waals surface area (Å²) in [6, 6.07) is 12.2. The van der Waals surface area contributed by atoms with Gasteiger partial charge in [-0.3, -0.25) is 9.69 Å². The second-order valence-corrected chi connectivity index (χ2v) is 7.62. The summed E-state index contributed by atoms with van der Waals surface area (Å²) < 4.78 is 13.0. The summed E-state index contributed by atoms with van der Waals surface area (Å²) in [5.41, 5.74) is 2.77. The van der Waals surface area contributed by atoms with E-state index in [1.807, 2.05) is 36.3 Å². The number of nitrogens with zero attached hydrogens (tertiary/aromatic N) is 4. The van der Waals surface area contributed by atoms with Gasteiger partial charge < -0.3 is 15.2 Å². The van der Waals surface area contributed by atoms with E-state index in [4.69, 9.17) is 0 Å². The minimum absolute atomic E-state index is 0.0208. The topological polar surface area (TPSA) is 77.2 Å². The summed E-state index contributed by atoms with van der Waals surface area (Å²) in [4.78, 5) is 28.7. The minimum Gasteiger partial charge on any atom is -0.360 e. The number of nitrogens with one attached hydrogen (secondary N) is 2. The monoisotopic (exact) mass is 408 g/mol. The van der Waals surface area contributed by atoms with Gasteiger partial charge in [0.05, 0.1) is 17.9 Å². The molecule has 3 heterocycles. The Morgan fingerprint density at radius 3 is 2.90 bits per heavy atom. The maximum absolute atomic E-state index is 13.0. The van der Waals surface area contributed by atoms with E-state index >= 15 is 0 Å². The molecule has 1 amide bonds. The van der Waals surface area contributed by atoms with Crippen molar-refractivity contribution in [2.24, 2.45) is 0 Å². The summed E-state index contributed by atoms with van der Waals surface area (Å²) in [5.74, 6) is 0.396. The van der Waals surface area contributed by atoms with Crippen molar-refractivity contribution in [3.63, 3.8) is 0 Å². The molecular formula is C22H25FN6O. The molecule has 1 unspecified atom stereocenters. The number of H-pyrrole nitrogens is 1. The third-order valence-electron chi connectivity index (χ3n) is 5.13. The predicted octanol–water partition coefficient (Wildman–Crippen LogP) is 2.44. The summed E-state index contributed by atoms with van der Waals surface area (Å²) in [5, 5.41) is 3.10. The highest BCUT2D eigenvalue weighted by atomic mass is 19.1. The molecule has 1 atom stereocenters. The third kappa shape index (κ3) is 5.01. The first-order valence-electron chi connectivity index (χ1n) is 10.0. The molecule has 1 saturated heterocycles. The molecule has 7 nitrogen and oxygen atoms in total. The summed E-state index contributed by atoms with van der Waals surface area (Å²) >= 11 is 0. The van der Waals surface area contributed by atoms with Crippen molar-refractivity contribution < 1.29 is 9.18 Å². The lowest BCUT2D eigenvalue weighted by Crippen LogP contribution is -2.42. The first-order valence-corrected chi connectivity index (χ1v) is 10.0. The van der Waals surface area contributed by atoms with Gasteiger partial charge in [0.2, 0.25) is 11.9 Å². The standard InChI is InChI=1S/C22H25FN6O/c1-28(13-16-4-6-17(23)7-5-16)15-21(30)26-18-9-12-29(14-18)22-25-11-8-20(27-22)19-3-2-10-24-19/h2-8,10-11,18,24H,9,12-15H2,1H3,(H,26,30). The molecule has 0 bridgehead atoms. The predicted molar refractivity (Wildman–Crippen MR) is 113 cm³/mol. The van der Waals surface area contributed by atoms with E-state index in [1.165, 1.54) is 12.1 Å². The van der Waals surface area contributed by atoms with E-state index in [0.717, 1.165) is 29.9 Å². The van der Waals surface area contributed by atoms with Crippen LogP contribution in [-0.4, -0.2) is 58.5 Å².